The maximum Gasteiger partial charge on any atom is 0.266 e. The van der Waals surface area contributed by atoms with Gasteiger partial charge in [-0.25, -0.2) is 14.4 Å². The van der Waals surface area contributed by atoms with Crippen molar-refractivity contribution in [3.05, 3.63) is 51.0 Å². The largest absolute Gasteiger partial charge is 0.321 e. The number of aryl methyl sites for hydroxylation is 3. The van der Waals surface area contributed by atoms with E-state index in [9.17, 15) is 9.18 Å². The molecule has 1 aromatic carbocycles. The minimum absolute atomic E-state index is 0.0341. The van der Waals surface area contributed by atoms with Gasteiger partial charge >= 0.3 is 0 Å². The number of anilines is 1. The molecule has 4 nitrogen and oxygen atoms in total. The van der Waals surface area contributed by atoms with Gasteiger partial charge in [-0.2, -0.15) is 0 Å². The molecule has 23 heavy (non-hydrogen) atoms. The lowest BCUT2D eigenvalue weighted by molar-refractivity contribution is 0.103. The Morgan fingerprint density at radius 2 is 2.00 bits per heavy atom. The number of benzene rings is 1. The van der Waals surface area contributed by atoms with Crippen molar-refractivity contribution in [2.45, 2.75) is 20.8 Å². The monoisotopic (exact) mass is 349 g/mol. The Labute approximate surface area is 141 Å². The van der Waals surface area contributed by atoms with Crippen molar-refractivity contribution in [3.8, 4) is 0 Å². The maximum absolute atomic E-state index is 13.2. The molecule has 2 heterocycles. The molecular formula is C16H13ClFN3OS. The SMILES string of the molecule is Cc1nc(C)c2c(C)c(C(=O)Nc3ccc(F)c(Cl)c3)sc2n1. The van der Waals surface area contributed by atoms with Crippen LogP contribution in [-0.4, -0.2) is 15.9 Å². The molecule has 1 amide bonds. The van der Waals surface area contributed by atoms with Gasteiger partial charge in [0.05, 0.1) is 9.90 Å². The van der Waals surface area contributed by atoms with E-state index in [-0.39, 0.29) is 10.9 Å². The summed E-state index contributed by atoms with van der Waals surface area (Å²) in [7, 11) is 0. The number of fused-ring (bicyclic) bond motifs is 1. The second-order valence-electron chi connectivity index (χ2n) is 5.18. The van der Waals surface area contributed by atoms with E-state index in [0.717, 1.165) is 21.5 Å². The highest BCUT2D eigenvalue weighted by atomic mass is 35.5. The van der Waals surface area contributed by atoms with Crippen LogP contribution < -0.4 is 5.32 Å². The standard InChI is InChI=1S/C16H13ClFN3OS/c1-7-13-8(2)19-9(3)20-16(13)23-14(7)15(22)21-10-4-5-12(18)11(17)6-10/h4-6H,1-3H3,(H,21,22). The third kappa shape index (κ3) is 2.92. The molecule has 0 atom stereocenters. The van der Waals surface area contributed by atoms with E-state index in [2.05, 4.69) is 15.3 Å². The highest BCUT2D eigenvalue weighted by Crippen LogP contribution is 2.32. The lowest BCUT2D eigenvalue weighted by Gasteiger charge is -2.05. The lowest BCUT2D eigenvalue weighted by Crippen LogP contribution is -2.11. The number of hydrogen-bond acceptors (Lipinski definition) is 4. The van der Waals surface area contributed by atoms with Crippen LogP contribution in [0.25, 0.3) is 10.2 Å². The summed E-state index contributed by atoms with van der Waals surface area (Å²) in [6, 6.07) is 4.07. The van der Waals surface area contributed by atoms with Crippen molar-refractivity contribution >= 4 is 44.7 Å². The van der Waals surface area contributed by atoms with Crippen LogP contribution in [0.3, 0.4) is 0 Å². The molecule has 0 saturated carbocycles. The molecule has 118 valence electrons. The number of nitrogens with one attached hydrogen (secondary N) is 1. The highest BCUT2D eigenvalue weighted by Gasteiger charge is 2.19. The molecule has 7 heteroatoms. The van der Waals surface area contributed by atoms with Crippen LogP contribution in [-0.2, 0) is 0 Å². The fourth-order valence-corrected chi connectivity index (χ4v) is 3.81. The van der Waals surface area contributed by atoms with E-state index in [4.69, 9.17) is 11.6 Å². The number of aromatic nitrogens is 2. The number of amides is 1. The zero-order valence-corrected chi connectivity index (χ0v) is 14.3. The number of rotatable bonds is 2. The van der Waals surface area contributed by atoms with Crippen LogP contribution in [0.4, 0.5) is 10.1 Å². The Morgan fingerprint density at radius 1 is 1.26 bits per heavy atom. The van der Waals surface area contributed by atoms with Gasteiger partial charge in [0.25, 0.3) is 5.91 Å². The van der Waals surface area contributed by atoms with E-state index >= 15 is 0 Å². The van der Waals surface area contributed by atoms with E-state index in [1.807, 2.05) is 20.8 Å². The lowest BCUT2D eigenvalue weighted by atomic mass is 10.1. The second kappa shape index (κ2) is 5.86. The number of carbonyl (C=O) groups is 1. The van der Waals surface area contributed by atoms with Gasteiger partial charge in [0.2, 0.25) is 0 Å². The molecule has 0 radical (unpaired) electrons. The van der Waals surface area contributed by atoms with Gasteiger partial charge in [-0.15, -0.1) is 11.3 Å². The first-order valence-corrected chi connectivity index (χ1v) is 8.07. The predicted molar refractivity (Wildman–Crippen MR) is 91.0 cm³/mol. The van der Waals surface area contributed by atoms with Crippen LogP contribution in [0.1, 0.15) is 26.8 Å². The predicted octanol–water partition coefficient (Wildman–Crippen LogP) is 4.66. The van der Waals surface area contributed by atoms with Gasteiger partial charge < -0.3 is 5.32 Å². The fourth-order valence-electron chi connectivity index (χ4n) is 2.45. The zero-order valence-electron chi connectivity index (χ0n) is 12.7. The van der Waals surface area contributed by atoms with Crippen molar-refractivity contribution in [2.24, 2.45) is 0 Å². The minimum atomic E-state index is -0.524. The maximum atomic E-state index is 13.2. The van der Waals surface area contributed by atoms with Crippen molar-refractivity contribution in [2.75, 3.05) is 5.32 Å². The van der Waals surface area contributed by atoms with Crippen LogP contribution in [0.5, 0.6) is 0 Å². The molecule has 0 aliphatic carbocycles. The van der Waals surface area contributed by atoms with Gasteiger partial charge in [-0.3, -0.25) is 4.79 Å². The summed E-state index contributed by atoms with van der Waals surface area (Å²) >= 11 is 7.05. The Hall–Kier alpha value is -2.05. The Bertz CT molecular complexity index is 939. The Morgan fingerprint density at radius 3 is 2.70 bits per heavy atom. The molecule has 0 fully saturated rings. The molecule has 0 unspecified atom stereocenters. The third-order valence-corrected chi connectivity index (χ3v) is 4.94. The number of carbonyl (C=O) groups excluding carboxylic acids is 1. The van der Waals surface area contributed by atoms with Crippen LogP contribution in [0, 0.1) is 26.6 Å². The van der Waals surface area contributed by atoms with E-state index in [1.165, 1.54) is 29.5 Å². The molecule has 0 saturated heterocycles. The van der Waals surface area contributed by atoms with Crippen molar-refractivity contribution in [3.63, 3.8) is 0 Å². The number of thiophene rings is 1. The normalized spacial score (nSPS) is 11.0. The summed E-state index contributed by atoms with van der Waals surface area (Å²) in [6.45, 7) is 5.59. The second-order valence-corrected chi connectivity index (χ2v) is 6.58. The third-order valence-electron chi connectivity index (χ3n) is 3.47. The summed E-state index contributed by atoms with van der Waals surface area (Å²) in [5, 5.41) is 3.61. The Kier molecular flexibility index (Phi) is 4.04. The van der Waals surface area contributed by atoms with Crippen LogP contribution in [0.2, 0.25) is 5.02 Å². The van der Waals surface area contributed by atoms with Gasteiger partial charge in [0, 0.05) is 16.8 Å². The number of halogens is 2. The first-order valence-electron chi connectivity index (χ1n) is 6.87. The van der Waals surface area contributed by atoms with Crippen LogP contribution >= 0.6 is 22.9 Å². The molecule has 3 rings (SSSR count). The van der Waals surface area contributed by atoms with Crippen molar-refractivity contribution in [1.82, 2.24) is 9.97 Å². The first-order chi connectivity index (χ1) is 10.9. The molecular weight excluding hydrogens is 337 g/mol. The molecule has 0 bridgehead atoms. The number of hydrogen-bond donors (Lipinski definition) is 1. The minimum Gasteiger partial charge on any atom is -0.321 e. The fraction of sp³-hybridized carbons (Fsp3) is 0.188. The molecule has 2 aromatic heterocycles. The average molecular weight is 350 g/mol. The highest BCUT2D eigenvalue weighted by molar-refractivity contribution is 7.20. The van der Waals surface area contributed by atoms with Crippen LogP contribution in [0.15, 0.2) is 18.2 Å². The van der Waals surface area contributed by atoms with Gasteiger partial charge in [-0.05, 0) is 44.5 Å². The van der Waals surface area contributed by atoms with Gasteiger partial charge in [-0.1, -0.05) is 11.6 Å². The number of nitrogens with zero attached hydrogens (tertiary/aromatic N) is 2. The summed E-state index contributed by atoms with van der Waals surface area (Å²) in [5.41, 5.74) is 2.13. The summed E-state index contributed by atoms with van der Waals surface area (Å²) in [4.78, 5) is 22.6. The average Bonchev–Trinajstić information content (AvgIpc) is 2.80. The van der Waals surface area contributed by atoms with E-state index in [1.54, 1.807) is 0 Å². The smallest absolute Gasteiger partial charge is 0.266 e. The van der Waals surface area contributed by atoms with E-state index in [0.29, 0.717) is 16.4 Å². The van der Waals surface area contributed by atoms with Crippen molar-refractivity contribution in [1.29, 1.82) is 0 Å². The molecule has 0 aliphatic heterocycles. The van der Waals surface area contributed by atoms with Gasteiger partial charge in [0.15, 0.2) is 0 Å². The molecule has 1 N–H and O–H groups in total. The van der Waals surface area contributed by atoms with E-state index < -0.39 is 5.82 Å². The summed E-state index contributed by atoms with van der Waals surface area (Å²) in [5.74, 6) is -0.122. The van der Waals surface area contributed by atoms with Crippen molar-refractivity contribution < 1.29 is 9.18 Å². The molecule has 3 aromatic rings. The molecule has 0 aliphatic rings. The molecule has 0 spiro atoms. The summed E-state index contributed by atoms with van der Waals surface area (Å²) < 4.78 is 13.2. The van der Waals surface area contributed by atoms with Gasteiger partial charge in [0.1, 0.15) is 16.5 Å². The first kappa shape index (κ1) is 15.8. The zero-order chi connectivity index (χ0) is 16.7. The quantitative estimate of drug-likeness (QED) is 0.732. The Balaban J connectivity index is 1.99. The topological polar surface area (TPSA) is 54.9 Å². The summed E-state index contributed by atoms with van der Waals surface area (Å²) in [6.07, 6.45) is 0.